The van der Waals surface area contributed by atoms with Crippen LogP contribution in [0.1, 0.15) is 6.42 Å². The Hall–Kier alpha value is -0.750. The molecule has 0 radical (unpaired) electrons. The molecule has 0 amide bonds. The van der Waals surface area contributed by atoms with Crippen LogP contribution in [0.2, 0.25) is 0 Å². The summed E-state index contributed by atoms with van der Waals surface area (Å²) in [5.41, 5.74) is -2.64. The van der Waals surface area contributed by atoms with E-state index in [-0.39, 0.29) is 0 Å². The number of alkyl halides is 3. The Balaban J connectivity index is 2.89. The molecule has 0 spiro atoms. The summed E-state index contributed by atoms with van der Waals surface area (Å²) in [6, 6.07) is 0. The zero-order valence-corrected chi connectivity index (χ0v) is 6.84. The third-order valence-corrected chi connectivity index (χ3v) is 1.90. The van der Waals surface area contributed by atoms with E-state index in [4.69, 9.17) is 5.11 Å². The van der Waals surface area contributed by atoms with Crippen molar-refractivity contribution in [2.24, 2.45) is 0 Å². The molecule has 0 aromatic rings. The highest BCUT2D eigenvalue weighted by Crippen LogP contribution is 2.42. The minimum absolute atomic E-state index is 0.439. The highest BCUT2D eigenvalue weighted by Gasteiger charge is 2.62. The van der Waals surface area contributed by atoms with E-state index in [9.17, 15) is 13.2 Å². The molecule has 1 N–H and O–H groups in total. The van der Waals surface area contributed by atoms with Crippen molar-refractivity contribution in [2.75, 3.05) is 7.11 Å². The molecule has 0 bridgehead atoms. The SMILES string of the molecule is COC(O)C1(C(F)(F)F)CC=CO1. The van der Waals surface area contributed by atoms with Crippen LogP contribution in [0.15, 0.2) is 12.3 Å². The molecule has 3 nitrogen and oxygen atoms in total. The summed E-state index contributed by atoms with van der Waals surface area (Å²) in [6.07, 6.45) is -5.01. The maximum atomic E-state index is 12.4. The van der Waals surface area contributed by atoms with Crippen LogP contribution in [0.25, 0.3) is 0 Å². The first-order chi connectivity index (χ1) is 5.94. The van der Waals surface area contributed by atoms with Gasteiger partial charge in [0.05, 0.1) is 6.26 Å². The van der Waals surface area contributed by atoms with Crippen LogP contribution < -0.4 is 0 Å². The lowest BCUT2D eigenvalue weighted by Crippen LogP contribution is -2.54. The summed E-state index contributed by atoms with van der Waals surface area (Å²) in [6.45, 7) is 0. The number of hydrogen-bond acceptors (Lipinski definition) is 3. The molecule has 1 aliphatic heterocycles. The molecule has 2 atom stereocenters. The van der Waals surface area contributed by atoms with Gasteiger partial charge in [0.15, 0.2) is 0 Å². The Bertz CT molecular complexity index is 204. The van der Waals surface area contributed by atoms with Crippen LogP contribution in [-0.2, 0) is 9.47 Å². The first kappa shape index (κ1) is 10.3. The van der Waals surface area contributed by atoms with Gasteiger partial charge in [0.25, 0.3) is 5.60 Å². The number of methoxy groups -OCH3 is 1. The van der Waals surface area contributed by atoms with E-state index in [1.807, 2.05) is 0 Å². The molecule has 1 heterocycles. The van der Waals surface area contributed by atoms with E-state index in [2.05, 4.69) is 9.47 Å². The van der Waals surface area contributed by atoms with Crippen molar-refractivity contribution in [3.8, 4) is 0 Å². The summed E-state index contributed by atoms with van der Waals surface area (Å²) in [5, 5.41) is 9.04. The normalized spacial score (nSPS) is 30.2. The second-order valence-corrected chi connectivity index (χ2v) is 2.67. The van der Waals surface area contributed by atoms with Crippen LogP contribution in [0.3, 0.4) is 0 Å². The maximum absolute atomic E-state index is 12.4. The summed E-state index contributed by atoms with van der Waals surface area (Å²) in [5.74, 6) is 0. The Morgan fingerprint density at radius 1 is 1.62 bits per heavy atom. The first-order valence-corrected chi connectivity index (χ1v) is 3.54. The fraction of sp³-hybridized carbons (Fsp3) is 0.714. The van der Waals surface area contributed by atoms with E-state index in [1.54, 1.807) is 0 Å². The molecule has 0 fully saturated rings. The van der Waals surface area contributed by atoms with Crippen LogP contribution in [0.4, 0.5) is 13.2 Å². The number of aliphatic hydroxyl groups excluding tert-OH is 1. The average molecular weight is 198 g/mol. The number of rotatable bonds is 2. The average Bonchev–Trinajstić information content (AvgIpc) is 2.50. The molecular formula is C7H9F3O3. The second kappa shape index (κ2) is 3.19. The van der Waals surface area contributed by atoms with Gasteiger partial charge in [0.2, 0.25) is 6.29 Å². The molecule has 1 rings (SSSR count). The van der Waals surface area contributed by atoms with E-state index >= 15 is 0 Å². The fourth-order valence-electron chi connectivity index (χ4n) is 1.11. The molecule has 0 aliphatic carbocycles. The van der Waals surface area contributed by atoms with Crippen molar-refractivity contribution in [2.45, 2.75) is 24.5 Å². The predicted molar refractivity (Wildman–Crippen MR) is 36.6 cm³/mol. The number of halogens is 3. The van der Waals surface area contributed by atoms with Gasteiger partial charge in [-0.3, -0.25) is 0 Å². The van der Waals surface area contributed by atoms with Gasteiger partial charge in [-0.2, -0.15) is 13.2 Å². The van der Waals surface area contributed by atoms with Gasteiger partial charge in [-0.15, -0.1) is 0 Å². The smallest absolute Gasteiger partial charge is 0.433 e. The molecule has 0 saturated carbocycles. The molecule has 13 heavy (non-hydrogen) atoms. The molecular weight excluding hydrogens is 189 g/mol. The van der Waals surface area contributed by atoms with Crippen LogP contribution in [0.5, 0.6) is 0 Å². The maximum Gasteiger partial charge on any atom is 0.433 e. The minimum Gasteiger partial charge on any atom is -0.480 e. The van der Waals surface area contributed by atoms with E-state index in [0.717, 1.165) is 13.4 Å². The summed E-state index contributed by atoms with van der Waals surface area (Å²) in [4.78, 5) is 0. The molecule has 1 aliphatic rings. The molecule has 6 heteroatoms. The van der Waals surface area contributed by atoms with Crippen molar-refractivity contribution in [1.29, 1.82) is 0 Å². The monoisotopic (exact) mass is 198 g/mol. The first-order valence-electron chi connectivity index (χ1n) is 3.54. The highest BCUT2D eigenvalue weighted by molar-refractivity contribution is 5.04. The number of aliphatic hydroxyl groups is 1. The lowest BCUT2D eigenvalue weighted by atomic mass is 9.99. The van der Waals surface area contributed by atoms with Gasteiger partial charge >= 0.3 is 6.18 Å². The molecule has 0 saturated heterocycles. The lowest BCUT2D eigenvalue weighted by Gasteiger charge is -2.33. The zero-order chi connectivity index (χ0) is 10.1. The molecule has 0 aromatic heterocycles. The van der Waals surface area contributed by atoms with E-state index in [1.165, 1.54) is 6.08 Å². The molecule has 0 aromatic carbocycles. The molecule has 2 unspecified atom stereocenters. The van der Waals surface area contributed by atoms with Gasteiger partial charge < -0.3 is 14.6 Å². The quantitative estimate of drug-likeness (QED) is 0.677. The van der Waals surface area contributed by atoms with Crippen molar-refractivity contribution in [3.63, 3.8) is 0 Å². The number of hydrogen-bond donors (Lipinski definition) is 1. The minimum atomic E-state index is -4.66. The zero-order valence-electron chi connectivity index (χ0n) is 6.84. The largest absolute Gasteiger partial charge is 0.480 e. The van der Waals surface area contributed by atoms with Crippen molar-refractivity contribution < 1.29 is 27.8 Å². The van der Waals surface area contributed by atoms with Crippen molar-refractivity contribution >= 4 is 0 Å². The fourth-order valence-corrected chi connectivity index (χ4v) is 1.11. The van der Waals surface area contributed by atoms with E-state index in [0.29, 0.717) is 0 Å². The van der Waals surface area contributed by atoms with Crippen LogP contribution in [0, 0.1) is 0 Å². The summed E-state index contributed by atoms with van der Waals surface area (Å²) < 4.78 is 46.0. The third-order valence-electron chi connectivity index (χ3n) is 1.90. The Morgan fingerprint density at radius 3 is 2.54 bits per heavy atom. The van der Waals surface area contributed by atoms with Crippen molar-refractivity contribution in [1.82, 2.24) is 0 Å². The Morgan fingerprint density at radius 2 is 2.23 bits per heavy atom. The van der Waals surface area contributed by atoms with E-state index < -0.39 is 24.5 Å². The molecule has 76 valence electrons. The predicted octanol–water partition coefficient (Wildman–Crippen LogP) is 1.19. The Labute approximate surface area is 72.8 Å². The summed E-state index contributed by atoms with van der Waals surface area (Å²) >= 11 is 0. The Kier molecular flexibility index (Phi) is 2.53. The van der Waals surface area contributed by atoms with Crippen molar-refractivity contribution in [3.05, 3.63) is 12.3 Å². The third kappa shape index (κ3) is 1.51. The highest BCUT2D eigenvalue weighted by atomic mass is 19.4. The van der Waals surface area contributed by atoms with Crippen LogP contribution >= 0.6 is 0 Å². The van der Waals surface area contributed by atoms with Crippen LogP contribution in [-0.4, -0.2) is 30.3 Å². The standard InChI is InChI=1S/C7H9F3O3/c1-12-5(11)6(7(8,9)10)3-2-4-13-6/h2,4-5,11H,3H2,1H3. The number of ether oxygens (including phenoxy) is 2. The second-order valence-electron chi connectivity index (χ2n) is 2.67. The van der Waals surface area contributed by atoms with Gasteiger partial charge in [-0.05, 0) is 6.08 Å². The lowest BCUT2D eigenvalue weighted by molar-refractivity contribution is -0.325. The van der Waals surface area contributed by atoms with Gasteiger partial charge in [-0.1, -0.05) is 0 Å². The van der Waals surface area contributed by atoms with Gasteiger partial charge in [0, 0.05) is 13.5 Å². The van der Waals surface area contributed by atoms with Gasteiger partial charge in [0.1, 0.15) is 0 Å². The van der Waals surface area contributed by atoms with Gasteiger partial charge in [-0.25, -0.2) is 0 Å². The summed E-state index contributed by atoms with van der Waals surface area (Å²) in [7, 11) is 0.986. The topological polar surface area (TPSA) is 38.7 Å².